The molecule has 0 bridgehead atoms. The van der Waals surface area contributed by atoms with Gasteiger partial charge >= 0.3 is 6.18 Å². The Balaban J connectivity index is 2.20. The van der Waals surface area contributed by atoms with Crippen LogP contribution in [-0.4, -0.2) is 26.3 Å². The largest absolute Gasteiger partial charge is 0.415 e. The SMILES string of the molecule is CCS(=O)(=O)c1ccc(NC(C)=O)c(-c2ccc(C(C#N)(c3ccccc3)C(F)(F)F)cc2)c1. The summed E-state index contributed by atoms with van der Waals surface area (Å²) >= 11 is 0. The molecule has 0 aromatic heterocycles. The number of nitrogens with zero attached hydrogens (tertiary/aromatic N) is 1. The van der Waals surface area contributed by atoms with Gasteiger partial charge in [0, 0.05) is 18.2 Å². The molecule has 0 spiro atoms. The lowest BCUT2D eigenvalue weighted by Crippen LogP contribution is -2.42. The minimum absolute atomic E-state index is 0.0223. The van der Waals surface area contributed by atoms with Crippen LogP contribution in [0.3, 0.4) is 0 Å². The second kappa shape index (κ2) is 9.31. The van der Waals surface area contributed by atoms with Crippen molar-refractivity contribution in [1.29, 1.82) is 5.26 Å². The molecule has 34 heavy (non-hydrogen) atoms. The summed E-state index contributed by atoms with van der Waals surface area (Å²) in [6, 6.07) is 17.7. The normalized spacial score (nSPS) is 13.5. The number of nitrogens with one attached hydrogen (secondary N) is 1. The lowest BCUT2D eigenvalue weighted by molar-refractivity contribution is -0.162. The molecular formula is C25H21F3N2O3S. The van der Waals surface area contributed by atoms with Crippen molar-refractivity contribution < 1.29 is 26.4 Å². The predicted molar refractivity (Wildman–Crippen MR) is 123 cm³/mol. The Morgan fingerprint density at radius 3 is 2.06 bits per heavy atom. The van der Waals surface area contributed by atoms with E-state index in [1.54, 1.807) is 6.07 Å². The summed E-state index contributed by atoms with van der Waals surface area (Å²) < 4.78 is 67.5. The average Bonchev–Trinajstić information content (AvgIpc) is 2.80. The maximum absolute atomic E-state index is 14.3. The Labute approximate surface area is 195 Å². The molecule has 0 aliphatic heterocycles. The Hall–Kier alpha value is -3.64. The number of halogens is 3. The molecule has 1 atom stereocenters. The van der Waals surface area contributed by atoms with Gasteiger partial charge in [0.25, 0.3) is 0 Å². The number of anilines is 1. The summed E-state index contributed by atoms with van der Waals surface area (Å²) in [5.41, 5.74) is -2.38. The molecule has 9 heteroatoms. The summed E-state index contributed by atoms with van der Waals surface area (Å²) in [5.74, 6) is -0.535. The van der Waals surface area contributed by atoms with E-state index in [1.807, 2.05) is 0 Å². The Morgan fingerprint density at radius 1 is 0.971 bits per heavy atom. The van der Waals surface area contributed by atoms with Gasteiger partial charge in [0.1, 0.15) is 0 Å². The zero-order chi connectivity index (χ0) is 25.1. The molecule has 0 heterocycles. The van der Waals surface area contributed by atoms with Crippen molar-refractivity contribution in [2.45, 2.75) is 30.3 Å². The summed E-state index contributed by atoms with van der Waals surface area (Å²) in [6.45, 7) is 2.78. The van der Waals surface area contributed by atoms with E-state index in [9.17, 15) is 31.6 Å². The molecule has 0 fully saturated rings. The number of hydrogen-bond donors (Lipinski definition) is 1. The van der Waals surface area contributed by atoms with Crippen molar-refractivity contribution in [3.05, 3.63) is 83.9 Å². The molecule has 0 aliphatic rings. The monoisotopic (exact) mass is 486 g/mol. The standard InChI is InChI=1S/C25H21F3N2O3S/c1-3-34(32,33)21-13-14-23(30-17(2)31)22(15-21)18-9-11-20(12-10-18)24(16-29,25(26,27)28)19-7-5-4-6-8-19/h4-15H,3H2,1-2H3,(H,30,31). The number of amides is 1. The third-order valence-electron chi connectivity index (χ3n) is 5.47. The fourth-order valence-electron chi connectivity index (χ4n) is 3.70. The Kier molecular flexibility index (Phi) is 6.84. The molecule has 3 aromatic rings. The highest BCUT2D eigenvalue weighted by molar-refractivity contribution is 7.91. The van der Waals surface area contributed by atoms with E-state index in [4.69, 9.17) is 0 Å². The number of carbonyl (C=O) groups excluding carboxylic acids is 1. The van der Waals surface area contributed by atoms with E-state index in [2.05, 4.69) is 5.32 Å². The van der Waals surface area contributed by atoms with E-state index < -0.39 is 27.3 Å². The van der Waals surface area contributed by atoms with Gasteiger partial charge in [-0.25, -0.2) is 8.42 Å². The van der Waals surface area contributed by atoms with Gasteiger partial charge in [-0.05, 0) is 34.9 Å². The zero-order valence-electron chi connectivity index (χ0n) is 18.3. The van der Waals surface area contributed by atoms with Crippen LogP contribution >= 0.6 is 0 Å². The zero-order valence-corrected chi connectivity index (χ0v) is 19.2. The summed E-state index contributed by atoms with van der Waals surface area (Å²) in [5, 5.41) is 12.3. The van der Waals surface area contributed by atoms with E-state index in [0.29, 0.717) is 16.8 Å². The van der Waals surface area contributed by atoms with Gasteiger partial charge in [0.05, 0.1) is 16.7 Å². The topological polar surface area (TPSA) is 87.0 Å². The van der Waals surface area contributed by atoms with Crippen molar-refractivity contribution in [1.82, 2.24) is 0 Å². The maximum Gasteiger partial charge on any atom is 0.415 e. The first-order valence-electron chi connectivity index (χ1n) is 10.2. The fraction of sp³-hybridized carbons (Fsp3) is 0.200. The molecular weight excluding hydrogens is 465 g/mol. The second-order valence-corrected chi connectivity index (χ2v) is 9.87. The number of alkyl halides is 3. The molecule has 0 radical (unpaired) electrons. The molecule has 0 saturated carbocycles. The van der Waals surface area contributed by atoms with Crippen LogP contribution in [0.15, 0.2) is 77.7 Å². The minimum Gasteiger partial charge on any atom is -0.326 e. The van der Waals surface area contributed by atoms with E-state index in [1.165, 1.54) is 86.6 Å². The third-order valence-corrected chi connectivity index (χ3v) is 7.20. The highest BCUT2D eigenvalue weighted by atomic mass is 32.2. The van der Waals surface area contributed by atoms with Gasteiger partial charge in [-0.1, -0.05) is 61.5 Å². The number of sulfone groups is 1. The van der Waals surface area contributed by atoms with Gasteiger partial charge < -0.3 is 5.32 Å². The highest BCUT2D eigenvalue weighted by Crippen LogP contribution is 2.46. The predicted octanol–water partition coefficient (Wildman–Crippen LogP) is 5.48. The van der Waals surface area contributed by atoms with Crippen molar-refractivity contribution in [2.75, 3.05) is 11.1 Å². The first-order valence-corrected chi connectivity index (χ1v) is 11.9. The van der Waals surface area contributed by atoms with Crippen molar-refractivity contribution in [3.8, 4) is 17.2 Å². The lowest BCUT2D eigenvalue weighted by atomic mass is 9.74. The quantitative estimate of drug-likeness (QED) is 0.500. The number of hydrogen-bond acceptors (Lipinski definition) is 4. The molecule has 1 amide bonds. The summed E-state index contributed by atoms with van der Waals surface area (Å²) in [6.07, 6.45) is -4.90. The smallest absolute Gasteiger partial charge is 0.326 e. The van der Waals surface area contributed by atoms with E-state index >= 15 is 0 Å². The fourth-order valence-corrected chi connectivity index (χ4v) is 4.60. The number of rotatable bonds is 6. The third kappa shape index (κ3) is 4.54. The molecule has 0 saturated heterocycles. The lowest BCUT2D eigenvalue weighted by Gasteiger charge is -2.30. The Morgan fingerprint density at radius 2 is 1.56 bits per heavy atom. The summed E-state index contributed by atoms with van der Waals surface area (Å²) in [7, 11) is -3.57. The first-order chi connectivity index (χ1) is 16.0. The molecule has 3 aromatic carbocycles. The van der Waals surface area contributed by atoms with Crippen LogP contribution in [0.2, 0.25) is 0 Å². The molecule has 3 rings (SSSR count). The van der Waals surface area contributed by atoms with Crippen LogP contribution in [0.4, 0.5) is 18.9 Å². The molecule has 1 N–H and O–H groups in total. The molecule has 176 valence electrons. The molecule has 1 unspecified atom stereocenters. The first kappa shape index (κ1) is 25.0. The van der Waals surface area contributed by atoms with Crippen LogP contribution in [0.5, 0.6) is 0 Å². The van der Waals surface area contributed by atoms with Crippen LogP contribution in [0.25, 0.3) is 11.1 Å². The molecule has 5 nitrogen and oxygen atoms in total. The maximum atomic E-state index is 14.3. The van der Waals surface area contributed by atoms with Crippen LogP contribution in [-0.2, 0) is 20.0 Å². The number of benzene rings is 3. The average molecular weight is 487 g/mol. The van der Waals surface area contributed by atoms with Crippen molar-refractivity contribution >= 4 is 21.4 Å². The molecule has 0 aliphatic carbocycles. The van der Waals surface area contributed by atoms with Gasteiger partial charge in [-0.15, -0.1) is 0 Å². The van der Waals surface area contributed by atoms with Crippen LogP contribution in [0, 0.1) is 11.3 Å². The van der Waals surface area contributed by atoms with Gasteiger partial charge in [0.15, 0.2) is 9.84 Å². The minimum atomic E-state index is -4.90. The number of nitriles is 1. The van der Waals surface area contributed by atoms with Crippen LogP contribution < -0.4 is 5.32 Å². The van der Waals surface area contributed by atoms with Gasteiger partial charge in [-0.2, -0.15) is 18.4 Å². The van der Waals surface area contributed by atoms with E-state index in [-0.39, 0.29) is 21.8 Å². The number of carbonyl (C=O) groups is 1. The highest BCUT2D eigenvalue weighted by Gasteiger charge is 2.58. The second-order valence-electron chi connectivity index (χ2n) is 7.59. The van der Waals surface area contributed by atoms with Crippen LogP contribution in [0.1, 0.15) is 25.0 Å². The van der Waals surface area contributed by atoms with Gasteiger partial charge in [0.2, 0.25) is 11.3 Å². The Bertz CT molecular complexity index is 1350. The summed E-state index contributed by atoms with van der Waals surface area (Å²) in [4.78, 5) is 11.7. The van der Waals surface area contributed by atoms with Crippen molar-refractivity contribution in [3.63, 3.8) is 0 Å². The van der Waals surface area contributed by atoms with Crippen molar-refractivity contribution in [2.24, 2.45) is 0 Å². The van der Waals surface area contributed by atoms with Gasteiger partial charge in [-0.3, -0.25) is 4.79 Å². The van der Waals surface area contributed by atoms with E-state index in [0.717, 1.165) is 0 Å².